The molecule has 1 N–H and O–H groups in total. The van der Waals surface area contributed by atoms with Gasteiger partial charge in [0.2, 0.25) is 0 Å². The standard InChI is InChI=1S/C13H11F4NO2/c14-8-3-4-10(11(6-8)13(15,16)17)12-7-9(20-18-12)2-1-5-19/h3-4,6-7,19H,1-2,5H2. The van der Waals surface area contributed by atoms with Gasteiger partial charge in [-0.25, -0.2) is 4.39 Å². The Morgan fingerprint density at radius 3 is 2.60 bits per heavy atom. The van der Waals surface area contributed by atoms with Crippen LogP contribution in [0.25, 0.3) is 11.3 Å². The zero-order valence-corrected chi connectivity index (χ0v) is 10.2. The van der Waals surface area contributed by atoms with Crippen LogP contribution < -0.4 is 0 Å². The van der Waals surface area contributed by atoms with Crippen molar-refractivity contribution < 1.29 is 27.2 Å². The molecule has 0 amide bonds. The van der Waals surface area contributed by atoms with Crippen LogP contribution >= 0.6 is 0 Å². The first-order valence-corrected chi connectivity index (χ1v) is 5.85. The van der Waals surface area contributed by atoms with Crippen molar-refractivity contribution in [2.45, 2.75) is 19.0 Å². The van der Waals surface area contributed by atoms with Gasteiger partial charge in [0, 0.05) is 24.7 Å². The third-order valence-corrected chi connectivity index (χ3v) is 2.70. The molecule has 0 fully saturated rings. The first kappa shape index (κ1) is 14.5. The molecule has 0 aliphatic heterocycles. The van der Waals surface area contributed by atoms with Crippen LogP contribution in [0, 0.1) is 5.82 Å². The Balaban J connectivity index is 2.39. The maximum Gasteiger partial charge on any atom is 0.417 e. The molecule has 20 heavy (non-hydrogen) atoms. The van der Waals surface area contributed by atoms with Crippen LogP contribution in [-0.4, -0.2) is 16.9 Å². The van der Waals surface area contributed by atoms with Crippen molar-refractivity contribution in [1.29, 1.82) is 0 Å². The van der Waals surface area contributed by atoms with E-state index >= 15 is 0 Å². The molecule has 0 bridgehead atoms. The van der Waals surface area contributed by atoms with Crippen LogP contribution in [0.5, 0.6) is 0 Å². The number of rotatable bonds is 4. The Labute approximate surface area is 111 Å². The van der Waals surface area contributed by atoms with Gasteiger partial charge in [-0.15, -0.1) is 0 Å². The van der Waals surface area contributed by atoms with Crippen LogP contribution in [-0.2, 0) is 12.6 Å². The largest absolute Gasteiger partial charge is 0.417 e. The number of aliphatic hydroxyl groups excluding tert-OH is 1. The lowest BCUT2D eigenvalue weighted by Gasteiger charge is -2.10. The van der Waals surface area contributed by atoms with Crippen molar-refractivity contribution in [2.75, 3.05) is 6.61 Å². The van der Waals surface area contributed by atoms with Crippen molar-refractivity contribution in [1.82, 2.24) is 5.16 Å². The van der Waals surface area contributed by atoms with E-state index in [9.17, 15) is 17.6 Å². The van der Waals surface area contributed by atoms with Gasteiger partial charge in [0.25, 0.3) is 0 Å². The molecule has 0 atom stereocenters. The lowest BCUT2D eigenvalue weighted by Crippen LogP contribution is -2.07. The predicted octanol–water partition coefficient (Wildman–Crippen LogP) is 3.42. The molecule has 0 unspecified atom stereocenters. The molecule has 1 aromatic carbocycles. The Morgan fingerprint density at radius 1 is 1.20 bits per heavy atom. The third-order valence-electron chi connectivity index (χ3n) is 2.70. The van der Waals surface area contributed by atoms with Gasteiger partial charge in [-0.2, -0.15) is 13.2 Å². The number of aliphatic hydroxyl groups is 1. The molecule has 108 valence electrons. The SMILES string of the molecule is OCCCc1cc(-c2ccc(F)cc2C(F)(F)F)no1. The highest BCUT2D eigenvalue weighted by atomic mass is 19.4. The summed E-state index contributed by atoms with van der Waals surface area (Å²) in [5.74, 6) is -0.600. The summed E-state index contributed by atoms with van der Waals surface area (Å²) in [6.07, 6.45) is -3.89. The molecular weight excluding hydrogens is 278 g/mol. The fourth-order valence-electron chi connectivity index (χ4n) is 1.79. The lowest BCUT2D eigenvalue weighted by molar-refractivity contribution is -0.137. The number of aryl methyl sites for hydroxylation is 1. The van der Waals surface area contributed by atoms with Gasteiger partial charge in [0.15, 0.2) is 0 Å². The third kappa shape index (κ3) is 3.16. The normalized spacial score (nSPS) is 11.8. The second-order valence-corrected chi connectivity index (χ2v) is 4.19. The van der Waals surface area contributed by atoms with Crippen molar-refractivity contribution in [3.63, 3.8) is 0 Å². The van der Waals surface area contributed by atoms with E-state index in [1.807, 2.05) is 0 Å². The molecule has 0 radical (unpaired) electrons. The zero-order chi connectivity index (χ0) is 14.8. The molecule has 2 rings (SSSR count). The maximum absolute atomic E-state index is 13.0. The van der Waals surface area contributed by atoms with Crippen LogP contribution in [0.3, 0.4) is 0 Å². The smallest absolute Gasteiger partial charge is 0.396 e. The minimum atomic E-state index is -4.68. The number of hydrogen-bond acceptors (Lipinski definition) is 3. The number of aromatic nitrogens is 1. The fourth-order valence-corrected chi connectivity index (χ4v) is 1.79. The number of halogens is 4. The van der Waals surface area contributed by atoms with Crippen molar-refractivity contribution in [2.24, 2.45) is 0 Å². The molecule has 0 spiro atoms. The Bertz CT molecular complexity index is 592. The molecule has 0 aliphatic carbocycles. The monoisotopic (exact) mass is 289 g/mol. The highest BCUT2D eigenvalue weighted by Crippen LogP contribution is 2.37. The average Bonchev–Trinajstić information content (AvgIpc) is 2.84. The molecule has 1 aromatic heterocycles. The van der Waals surface area contributed by atoms with Gasteiger partial charge in [-0.1, -0.05) is 5.16 Å². The number of benzene rings is 1. The lowest BCUT2D eigenvalue weighted by atomic mass is 10.0. The summed E-state index contributed by atoms with van der Waals surface area (Å²) < 4.78 is 56.5. The van der Waals surface area contributed by atoms with Gasteiger partial charge in [0.05, 0.1) is 5.56 Å². The van der Waals surface area contributed by atoms with Crippen molar-refractivity contribution in [3.05, 3.63) is 41.4 Å². The quantitative estimate of drug-likeness (QED) is 0.877. The second-order valence-electron chi connectivity index (χ2n) is 4.19. The molecule has 0 saturated carbocycles. The van der Waals surface area contributed by atoms with Gasteiger partial charge < -0.3 is 9.63 Å². The molecule has 7 heteroatoms. The molecule has 2 aromatic rings. The van der Waals surface area contributed by atoms with Gasteiger partial charge >= 0.3 is 6.18 Å². The van der Waals surface area contributed by atoms with Crippen LogP contribution in [0.4, 0.5) is 17.6 Å². The number of nitrogens with zero attached hydrogens (tertiary/aromatic N) is 1. The topological polar surface area (TPSA) is 46.3 Å². The first-order valence-electron chi connectivity index (χ1n) is 5.85. The van der Waals surface area contributed by atoms with E-state index in [1.165, 1.54) is 6.07 Å². The molecule has 1 heterocycles. The second kappa shape index (κ2) is 5.62. The van der Waals surface area contributed by atoms with E-state index in [4.69, 9.17) is 9.63 Å². The fraction of sp³-hybridized carbons (Fsp3) is 0.308. The van der Waals surface area contributed by atoms with Crippen LogP contribution in [0.15, 0.2) is 28.8 Å². The van der Waals surface area contributed by atoms with Crippen molar-refractivity contribution >= 4 is 0 Å². The van der Waals surface area contributed by atoms with Gasteiger partial charge in [-0.05, 0) is 24.6 Å². The maximum atomic E-state index is 13.0. The molecule has 0 aliphatic rings. The minimum absolute atomic E-state index is 0.00901. The Hall–Kier alpha value is -1.89. The summed E-state index contributed by atoms with van der Waals surface area (Å²) in [5.41, 5.74) is -1.34. The van der Waals surface area contributed by atoms with Crippen molar-refractivity contribution in [3.8, 4) is 11.3 Å². The summed E-state index contributed by atoms with van der Waals surface area (Å²) >= 11 is 0. The van der Waals surface area contributed by atoms with E-state index in [2.05, 4.69) is 5.16 Å². The van der Waals surface area contributed by atoms with Gasteiger partial charge in [-0.3, -0.25) is 0 Å². The molecule has 3 nitrogen and oxygen atoms in total. The first-order chi connectivity index (χ1) is 9.41. The highest BCUT2D eigenvalue weighted by molar-refractivity contribution is 5.64. The van der Waals surface area contributed by atoms with Crippen LogP contribution in [0.2, 0.25) is 0 Å². The predicted molar refractivity (Wildman–Crippen MR) is 62.3 cm³/mol. The summed E-state index contributed by atoms with van der Waals surface area (Å²) in [7, 11) is 0. The zero-order valence-electron chi connectivity index (χ0n) is 10.2. The summed E-state index contributed by atoms with van der Waals surface area (Å²) in [6.45, 7) is -0.0552. The number of hydrogen-bond donors (Lipinski definition) is 1. The summed E-state index contributed by atoms with van der Waals surface area (Å²) in [6, 6.07) is 3.74. The summed E-state index contributed by atoms with van der Waals surface area (Å²) in [5, 5.41) is 12.2. The Kier molecular flexibility index (Phi) is 4.08. The average molecular weight is 289 g/mol. The van der Waals surface area contributed by atoms with E-state index < -0.39 is 17.6 Å². The van der Waals surface area contributed by atoms with Gasteiger partial charge in [0.1, 0.15) is 17.3 Å². The summed E-state index contributed by atoms with van der Waals surface area (Å²) in [4.78, 5) is 0. The van der Waals surface area contributed by atoms with E-state index in [1.54, 1.807) is 0 Å². The van der Waals surface area contributed by atoms with E-state index in [0.29, 0.717) is 24.7 Å². The minimum Gasteiger partial charge on any atom is -0.396 e. The molecule has 0 saturated heterocycles. The van der Waals surface area contributed by atoms with Crippen LogP contribution in [0.1, 0.15) is 17.7 Å². The molecular formula is C13H11F4NO2. The highest BCUT2D eigenvalue weighted by Gasteiger charge is 2.34. The Morgan fingerprint density at radius 2 is 1.95 bits per heavy atom. The number of alkyl halides is 3. The van der Waals surface area contributed by atoms with E-state index in [0.717, 1.165) is 12.1 Å². The van der Waals surface area contributed by atoms with E-state index in [-0.39, 0.29) is 17.9 Å².